The third-order valence-corrected chi connectivity index (χ3v) is 2.38. The molecule has 0 aliphatic heterocycles. The lowest BCUT2D eigenvalue weighted by Crippen LogP contribution is -2.23. The van der Waals surface area contributed by atoms with Crippen LogP contribution in [0.2, 0.25) is 0 Å². The summed E-state index contributed by atoms with van der Waals surface area (Å²) in [5, 5.41) is 2.19. The van der Waals surface area contributed by atoms with Gasteiger partial charge in [0, 0.05) is 10.8 Å². The molecule has 2 aliphatic rings. The van der Waals surface area contributed by atoms with Crippen LogP contribution in [0.25, 0.3) is 17.7 Å². The summed E-state index contributed by atoms with van der Waals surface area (Å²) in [5.74, 6) is 0.145. The molecular formula is C11H6O. The van der Waals surface area contributed by atoms with Gasteiger partial charge in [-0.1, -0.05) is 24.3 Å². The van der Waals surface area contributed by atoms with Crippen LogP contribution in [-0.2, 0) is 4.79 Å². The number of allylic oxidation sites excluding steroid dienone is 1. The SMILES string of the molecule is O=C1C=c2cccc3c2=C1C=C3. The van der Waals surface area contributed by atoms with E-state index >= 15 is 0 Å². The second kappa shape index (κ2) is 1.75. The Bertz CT molecular complexity index is 533. The molecule has 0 N–H and O–H groups in total. The van der Waals surface area contributed by atoms with E-state index in [0.717, 1.165) is 16.0 Å². The van der Waals surface area contributed by atoms with Crippen molar-refractivity contribution in [1.29, 1.82) is 0 Å². The Hall–Kier alpha value is -1.63. The first kappa shape index (κ1) is 5.95. The molecule has 0 saturated carbocycles. The first-order valence-electron chi connectivity index (χ1n) is 3.94. The van der Waals surface area contributed by atoms with E-state index in [-0.39, 0.29) is 5.78 Å². The van der Waals surface area contributed by atoms with Gasteiger partial charge in [0.2, 0.25) is 0 Å². The van der Waals surface area contributed by atoms with E-state index in [0.29, 0.717) is 0 Å². The minimum atomic E-state index is 0.145. The fourth-order valence-corrected chi connectivity index (χ4v) is 1.84. The molecule has 3 rings (SSSR count). The van der Waals surface area contributed by atoms with Gasteiger partial charge in [-0.15, -0.1) is 0 Å². The van der Waals surface area contributed by atoms with Crippen LogP contribution in [-0.4, -0.2) is 5.78 Å². The molecule has 2 aliphatic carbocycles. The normalized spacial score (nSPS) is 16.7. The van der Waals surface area contributed by atoms with Gasteiger partial charge in [-0.25, -0.2) is 0 Å². The predicted molar refractivity (Wildman–Crippen MR) is 47.6 cm³/mol. The number of benzene rings is 1. The molecule has 0 unspecified atom stereocenters. The summed E-state index contributed by atoms with van der Waals surface area (Å²) < 4.78 is 0. The summed E-state index contributed by atoms with van der Waals surface area (Å²) in [4.78, 5) is 11.4. The zero-order chi connectivity index (χ0) is 8.13. The van der Waals surface area contributed by atoms with E-state index in [2.05, 4.69) is 0 Å². The van der Waals surface area contributed by atoms with E-state index < -0.39 is 0 Å². The summed E-state index contributed by atoms with van der Waals surface area (Å²) in [5.41, 5.74) is 2.03. The molecular weight excluding hydrogens is 148 g/mol. The van der Waals surface area contributed by atoms with E-state index in [9.17, 15) is 4.79 Å². The highest BCUT2D eigenvalue weighted by Gasteiger charge is 2.16. The summed E-state index contributed by atoms with van der Waals surface area (Å²) >= 11 is 0. The second-order valence-corrected chi connectivity index (χ2v) is 3.07. The van der Waals surface area contributed by atoms with Crippen molar-refractivity contribution in [2.75, 3.05) is 0 Å². The monoisotopic (exact) mass is 154 g/mol. The van der Waals surface area contributed by atoms with Crippen LogP contribution in [0.5, 0.6) is 0 Å². The third kappa shape index (κ3) is 0.527. The molecule has 0 spiro atoms. The van der Waals surface area contributed by atoms with Crippen molar-refractivity contribution in [3.8, 4) is 0 Å². The lowest BCUT2D eigenvalue weighted by molar-refractivity contribution is -0.108. The highest BCUT2D eigenvalue weighted by Crippen LogP contribution is 2.12. The van der Waals surface area contributed by atoms with E-state index in [1.54, 1.807) is 6.08 Å². The van der Waals surface area contributed by atoms with Crippen molar-refractivity contribution in [3.05, 3.63) is 40.3 Å². The first-order valence-corrected chi connectivity index (χ1v) is 3.94. The Balaban J connectivity index is 2.70. The smallest absolute Gasteiger partial charge is 0.187 e. The molecule has 0 saturated heterocycles. The van der Waals surface area contributed by atoms with Crippen molar-refractivity contribution >= 4 is 23.5 Å². The Morgan fingerprint density at radius 2 is 2.00 bits per heavy atom. The lowest BCUT2D eigenvalue weighted by atomic mass is 10.2. The van der Waals surface area contributed by atoms with Gasteiger partial charge in [0.05, 0.1) is 0 Å². The van der Waals surface area contributed by atoms with Crippen LogP contribution < -0.4 is 10.4 Å². The van der Waals surface area contributed by atoms with Crippen LogP contribution in [0.4, 0.5) is 0 Å². The fourth-order valence-electron chi connectivity index (χ4n) is 1.84. The van der Waals surface area contributed by atoms with Gasteiger partial charge in [0.15, 0.2) is 5.78 Å². The van der Waals surface area contributed by atoms with Crippen LogP contribution in [0.15, 0.2) is 24.3 Å². The first-order chi connectivity index (χ1) is 5.86. The minimum absolute atomic E-state index is 0.145. The quantitative estimate of drug-likeness (QED) is 0.522. The summed E-state index contributed by atoms with van der Waals surface area (Å²) in [6, 6.07) is 6.00. The maximum Gasteiger partial charge on any atom is 0.187 e. The Morgan fingerprint density at radius 1 is 1.08 bits per heavy atom. The maximum atomic E-state index is 11.4. The molecule has 0 fully saturated rings. The number of rotatable bonds is 0. The van der Waals surface area contributed by atoms with Gasteiger partial charge < -0.3 is 0 Å². The van der Waals surface area contributed by atoms with Crippen molar-refractivity contribution in [2.24, 2.45) is 0 Å². The summed E-state index contributed by atoms with van der Waals surface area (Å²) in [6.45, 7) is 0. The standard InChI is InChI=1S/C11H6O/c12-10-6-8-3-1-2-7-4-5-9(10)11(7)8/h1-6H. The molecule has 1 aromatic rings. The van der Waals surface area contributed by atoms with Crippen LogP contribution in [0.1, 0.15) is 5.56 Å². The van der Waals surface area contributed by atoms with E-state index in [1.165, 1.54) is 5.56 Å². The fraction of sp³-hybridized carbons (Fsp3) is 0. The molecule has 1 aromatic carbocycles. The molecule has 1 heteroatoms. The van der Waals surface area contributed by atoms with Crippen LogP contribution >= 0.6 is 0 Å². The molecule has 0 amide bonds. The number of ketones is 1. The largest absolute Gasteiger partial charge is 0.289 e. The molecule has 1 nitrogen and oxygen atoms in total. The molecule has 0 aromatic heterocycles. The molecule has 0 radical (unpaired) electrons. The van der Waals surface area contributed by atoms with Gasteiger partial charge in [0.1, 0.15) is 0 Å². The van der Waals surface area contributed by atoms with E-state index in [1.807, 2.05) is 30.4 Å². The van der Waals surface area contributed by atoms with Crippen LogP contribution in [0, 0.1) is 0 Å². The van der Waals surface area contributed by atoms with Gasteiger partial charge >= 0.3 is 0 Å². The maximum absolute atomic E-state index is 11.4. The summed E-state index contributed by atoms with van der Waals surface area (Å²) in [6.07, 6.45) is 5.61. The third-order valence-electron chi connectivity index (χ3n) is 2.38. The van der Waals surface area contributed by atoms with Crippen LogP contribution in [0.3, 0.4) is 0 Å². The average Bonchev–Trinajstić information content (AvgIpc) is 2.60. The van der Waals surface area contributed by atoms with E-state index in [4.69, 9.17) is 0 Å². The lowest BCUT2D eigenvalue weighted by Gasteiger charge is -1.88. The molecule has 0 bridgehead atoms. The Labute approximate surface area is 69.3 Å². The zero-order valence-corrected chi connectivity index (χ0v) is 6.37. The Kier molecular flexibility index (Phi) is 0.867. The molecule has 0 heterocycles. The number of hydrogen-bond acceptors (Lipinski definition) is 1. The van der Waals surface area contributed by atoms with Gasteiger partial charge in [0.25, 0.3) is 0 Å². The number of hydrogen-bond donors (Lipinski definition) is 0. The average molecular weight is 154 g/mol. The molecule has 56 valence electrons. The number of carbonyl (C=O) groups excluding carboxylic acids is 1. The minimum Gasteiger partial charge on any atom is -0.289 e. The van der Waals surface area contributed by atoms with Crippen molar-refractivity contribution in [1.82, 2.24) is 0 Å². The number of carbonyl (C=O) groups is 1. The molecule has 0 atom stereocenters. The molecule has 12 heavy (non-hydrogen) atoms. The van der Waals surface area contributed by atoms with Gasteiger partial charge in [-0.3, -0.25) is 4.79 Å². The topological polar surface area (TPSA) is 17.1 Å². The predicted octanol–water partition coefficient (Wildman–Crippen LogP) is 0.227. The van der Waals surface area contributed by atoms with Crippen molar-refractivity contribution in [2.45, 2.75) is 0 Å². The zero-order valence-electron chi connectivity index (χ0n) is 6.37. The van der Waals surface area contributed by atoms with Crippen molar-refractivity contribution in [3.63, 3.8) is 0 Å². The van der Waals surface area contributed by atoms with Gasteiger partial charge in [-0.05, 0) is 22.9 Å². The highest BCUT2D eigenvalue weighted by atomic mass is 16.1. The highest BCUT2D eigenvalue weighted by molar-refractivity contribution is 6.36. The van der Waals surface area contributed by atoms with Crippen molar-refractivity contribution < 1.29 is 4.79 Å². The summed E-state index contributed by atoms with van der Waals surface area (Å²) in [7, 11) is 0. The second-order valence-electron chi connectivity index (χ2n) is 3.07. The number of Topliss-reactive ketones (excluding diaryl/α,β-unsaturated/α-hetero) is 1. The Morgan fingerprint density at radius 3 is 2.92 bits per heavy atom. The van der Waals surface area contributed by atoms with Gasteiger partial charge in [-0.2, -0.15) is 0 Å².